The van der Waals surface area contributed by atoms with Crippen molar-refractivity contribution in [2.45, 2.75) is 44.6 Å². The summed E-state index contributed by atoms with van der Waals surface area (Å²) in [4.78, 5) is 4.03. The molecule has 0 spiro atoms. The van der Waals surface area contributed by atoms with Crippen LogP contribution in [0.1, 0.15) is 38.5 Å². The van der Waals surface area contributed by atoms with Gasteiger partial charge in [0.15, 0.2) is 0 Å². The lowest BCUT2D eigenvalue weighted by atomic mass is 9.85. The molecule has 1 saturated carbocycles. The van der Waals surface area contributed by atoms with Gasteiger partial charge < -0.3 is 10.4 Å². The van der Waals surface area contributed by atoms with Gasteiger partial charge in [0, 0.05) is 18.9 Å². The summed E-state index contributed by atoms with van der Waals surface area (Å²) in [5, 5.41) is 13.2. The monoisotopic (exact) mass is 234 g/mol. The highest BCUT2D eigenvalue weighted by Crippen LogP contribution is 2.27. The maximum Gasteiger partial charge on any atom is 0.0715 e. The van der Waals surface area contributed by atoms with Gasteiger partial charge >= 0.3 is 0 Å². The molecule has 1 heterocycles. The van der Waals surface area contributed by atoms with Crippen LogP contribution in [0.4, 0.5) is 5.69 Å². The SMILES string of the molecule is OC(CNc1cccnc1)CC1CCCCC1. The van der Waals surface area contributed by atoms with E-state index >= 15 is 0 Å². The third-order valence-electron chi connectivity index (χ3n) is 3.53. The van der Waals surface area contributed by atoms with Gasteiger partial charge in [0.1, 0.15) is 0 Å². The second-order valence-corrected chi connectivity index (χ2v) is 5.02. The molecule has 3 heteroatoms. The fourth-order valence-electron chi connectivity index (χ4n) is 2.59. The van der Waals surface area contributed by atoms with Crippen LogP contribution in [-0.2, 0) is 0 Å². The highest BCUT2D eigenvalue weighted by molar-refractivity contribution is 5.39. The predicted molar refractivity (Wildman–Crippen MR) is 69.9 cm³/mol. The molecule has 1 atom stereocenters. The molecule has 0 bridgehead atoms. The fraction of sp³-hybridized carbons (Fsp3) is 0.643. The maximum absolute atomic E-state index is 9.98. The normalized spacial score (nSPS) is 18.9. The summed E-state index contributed by atoms with van der Waals surface area (Å²) < 4.78 is 0. The number of hydrogen-bond donors (Lipinski definition) is 2. The fourth-order valence-corrected chi connectivity index (χ4v) is 2.59. The highest BCUT2D eigenvalue weighted by Gasteiger charge is 2.17. The smallest absolute Gasteiger partial charge is 0.0715 e. The van der Waals surface area contributed by atoms with Gasteiger partial charge in [-0.25, -0.2) is 0 Å². The first-order valence-corrected chi connectivity index (χ1v) is 6.66. The van der Waals surface area contributed by atoms with Crippen molar-refractivity contribution < 1.29 is 5.11 Å². The van der Waals surface area contributed by atoms with Crippen molar-refractivity contribution in [2.24, 2.45) is 5.92 Å². The minimum absolute atomic E-state index is 0.238. The van der Waals surface area contributed by atoms with Gasteiger partial charge in [-0.3, -0.25) is 4.98 Å². The summed E-state index contributed by atoms with van der Waals surface area (Å²) in [7, 11) is 0. The number of nitrogens with one attached hydrogen (secondary N) is 1. The zero-order valence-electron chi connectivity index (χ0n) is 10.3. The van der Waals surface area contributed by atoms with Crippen molar-refractivity contribution in [3.05, 3.63) is 24.5 Å². The van der Waals surface area contributed by atoms with Crippen molar-refractivity contribution >= 4 is 5.69 Å². The van der Waals surface area contributed by atoms with Crippen LogP contribution in [0.5, 0.6) is 0 Å². The third kappa shape index (κ3) is 4.35. The van der Waals surface area contributed by atoms with Crippen LogP contribution in [0.2, 0.25) is 0 Å². The summed E-state index contributed by atoms with van der Waals surface area (Å²) in [6.45, 7) is 0.627. The molecular weight excluding hydrogens is 212 g/mol. The summed E-state index contributed by atoms with van der Waals surface area (Å²) in [6, 6.07) is 3.87. The zero-order chi connectivity index (χ0) is 11.9. The van der Waals surface area contributed by atoms with Gasteiger partial charge in [-0.1, -0.05) is 32.1 Å². The Hall–Kier alpha value is -1.09. The first-order valence-electron chi connectivity index (χ1n) is 6.66. The Kier molecular flexibility index (Phi) is 4.80. The number of aliphatic hydroxyl groups is 1. The second-order valence-electron chi connectivity index (χ2n) is 5.02. The minimum atomic E-state index is -0.238. The first-order chi connectivity index (χ1) is 8.34. The molecule has 0 radical (unpaired) electrons. The van der Waals surface area contributed by atoms with Gasteiger partial charge in [0.25, 0.3) is 0 Å². The molecular formula is C14H22N2O. The Bertz CT molecular complexity index is 309. The van der Waals surface area contributed by atoms with Gasteiger partial charge in [-0.15, -0.1) is 0 Å². The zero-order valence-corrected chi connectivity index (χ0v) is 10.3. The first kappa shape index (κ1) is 12.4. The molecule has 0 aliphatic heterocycles. The number of pyridine rings is 1. The Morgan fingerprint density at radius 3 is 2.88 bits per heavy atom. The van der Waals surface area contributed by atoms with Crippen molar-refractivity contribution in [3.8, 4) is 0 Å². The van der Waals surface area contributed by atoms with E-state index in [-0.39, 0.29) is 6.10 Å². The third-order valence-corrected chi connectivity index (χ3v) is 3.53. The lowest BCUT2D eigenvalue weighted by molar-refractivity contribution is 0.141. The molecule has 3 nitrogen and oxygen atoms in total. The second kappa shape index (κ2) is 6.60. The summed E-state index contributed by atoms with van der Waals surface area (Å²) in [5.74, 6) is 0.731. The molecule has 1 aromatic heterocycles. The molecule has 1 unspecified atom stereocenters. The van der Waals surface area contributed by atoms with E-state index in [0.29, 0.717) is 6.54 Å². The molecule has 0 aromatic carbocycles. The van der Waals surface area contributed by atoms with Crippen molar-refractivity contribution in [3.63, 3.8) is 0 Å². The van der Waals surface area contributed by atoms with E-state index < -0.39 is 0 Å². The highest BCUT2D eigenvalue weighted by atomic mass is 16.3. The molecule has 0 amide bonds. The average molecular weight is 234 g/mol. The van der Waals surface area contributed by atoms with E-state index in [1.807, 2.05) is 12.1 Å². The lowest BCUT2D eigenvalue weighted by Crippen LogP contribution is -2.23. The topological polar surface area (TPSA) is 45.1 Å². The summed E-state index contributed by atoms with van der Waals surface area (Å²) >= 11 is 0. The Balaban J connectivity index is 1.68. The summed E-state index contributed by atoms with van der Waals surface area (Å²) in [6.07, 6.45) is 10.9. The quantitative estimate of drug-likeness (QED) is 0.823. The van der Waals surface area contributed by atoms with E-state index in [4.69, 9.17) is 0 Å². The predicted octanol–water partition coefficient (Wildman–Crippen LogP) is 2.82. The Labute approximate surface area is 103 Å². The lowest BCUT2D eigenvalue weighted by Gasteiger charge is -2.24. The van der Waals surface area contributed by atoms with Crippen molar-refractivity contribution in [1.29, 1.82) is 0 Å². The molecule has 0 saturated heterocycles. The number of aromatic nitrogens is 1. The molecule has 1 fully saturated rings. The van der Waals surface area contributed by atoms with Crippen LogP contribution in [0.25, 0.3) is 0 Å². The molecule has 2 rings (SSSR count). The van der Waals surface area contributed by atoms with E-state index in [0.717, 1.165) is 18.0 Å². The molecule has 94 valence electrons. The van der Waals surface area contributed by atoms with Crippen LogP contribution in [0, 0.1) is 5.92 Å². The van der Waals surface area contributed by atoms with Crippen molar-refractivity contribution in [1.82, 2.24) is 4.98 Å². The van der Waals surface area contributed by atoms with Crippen LogP contribution in [-0.4, -0.2) is 22.7 Å². The molecule has 17 heavy (non-hydrogen) atoms. The van der Waals surface area contributed by atoms with E-state index in [1.165, 1.54) is 32.1 Å². The Morgan fingerprint density at radius 1 is 1.35 bits per heavy atom. The van der Waals surface area contributed by atoms with Gasteiger partial charge in [-0.05, 0) is 24.5 Å². The molecule has 1 aliphatic rings. The number of rotatable bonds is 5. The van der Waals surface area contributed by atoms with Crippen LogP contribution >= 0.6 is 0 Å². The van der Waals surface area contributed by atoms with Crippen LogP contribution in [0.3, 0.4) is 0 Å². The number of hydrogen-bond acceptors (Lipinski definition) is 3. The number of aliphatic hydroxyl groups excluding tert-OH is 1. The van der Waals surface area contributed by atoms with Gasteiger partial charge in [0.2, 0.25) is 0 Å². The minimum Gasteiger partial charge on any atom is -0.391 e. The van der Waals surface area contributed by atoms with E-state index in [9.17, 15) is 5.11 Å². The largest absolute Gasteiger partial charge is 0.391 e. The number of anilines is 1. The maximum atomic E-state index is 9.98. The van der Waals surface area contributed by atoms with Gasteiger partial charge in [0.05, 0.1) is 11.8 Å². The van der Waals surface area contributed by atoms with Crippen LogP contribution in [0.15, 0.2) is 24.5 Å². The number of nitrogens with zero attached hydrogens (tertiary/aromatic N) is 1. The Morgan fingerprint density at radius 2 is 2.18 bits per heavy atom. The average Bonchev–Trinajstić information content (AvgIpc) is 2.39. The van der Waals surface area contributed by atoms with E-state index in [1.54, 1.807) is 12.4 Å². The molecule has 1 aliphatic carbocycles. The standard InChI is InChI=1S/C14H22N2O/c17-14(9-12-5-2-1-3-6-12)11-16-13-7-4-8-15-10-13/h4,7-8,10,12,14,16-17H,1-3,5-6,9,11H2. The van der Waals surface area contributed by atoms with Crippen molar-refractivity contribution in [2.75, 3.05) is 11.9 Å². The van der Waals surface area contributed by atoms with Crippen LogP contribution < -0.4 is 5.32 Å². The molecule has 2 N–H and O–H groups in total. The van der Waals surface area contributed by atoms with E-state index in [2.05, 4.69) is 10.3 Å². The van der Waals surface area contributed by atoms with Gasteiger partial charge in [-0.2, -0.15) is 0 Å². The molecule has 1 aromatic rings. The summed E-state index contributed by atoms with van der Waals surface area (Å²) in [5.41, 5.74) is 0.982.